The molecule has 2 aromatic carbocycles. The largest absolute Gasteiger partial charge is 0.387 e. The van der Waals surface area contributed by atoms with Crippen molar-refractivity contribution < 1.29 is 14.3 Å². The highest BCUT2D eigenvalue weighted by atomic mass is 19.1. The fourth-order valence-electron chi connectivity index (χ4n) is 2.43. The lowest BCUT2D eigenvalue weighted by Crippen LogP contribution is -2.33. The molecule has 0 radical (unpaired) electrons. The van der Waals surface area contributed by atoms with Crippen LogP contribution in [0.15, 0.2) is 48.5 Å². The number of amides is 2. The summed E-state index contributed by atoms with van der Waals surface area (Å²) in [6, 6.07) is 12.9. The summed E-state index contributed by atoms with van der Waals surface area (Å²) in [5, 5.41) is 15.4. The zero-order valence-corrected chi connectivity index (χ0v) is 14.1. The number of carbonyl (C=O) groups excluding carboxylic acids is 1. The van der Waals surface area contributed by atoms with Gasteiger partial charge < -0.3 is 15.7 Å². The first-order chi connectivity index (χ1) is 11.3. The van der Waals surface area contributed by atoms with Crippen LogP contribution in [0.25, 0.3) is 0 Å². The summed E-state index contributed by atoms with van der Waals surface area (Å²) >= 11 is 0. The molecule has 0 aliphatic carbocycles. The number of nitrogens with one attached hydrogen (secondary N) is 2. The number of halogens is 1. The monoisotopic (exact) mass is 330 g/mol. The van der Waals surface area contributed by atoms with Gasteiger partial charge in [0.25, 0.3) is 0 Å². The van der Waals surface area contributed by atoms with Crippen molar-refractivity contribution in [2.24, 2.45) is 0 Å². The predicted octanol–water partition coefficient (Wildman–Crippen LogP) is 3.98. The van der Waals surface area contributed by atoms with Crippen LogP contribution in [0.4, 0.5) is 14.9 Å². The van der Waals surface area contributed by atoms with E-state index in [1.54, 1.807) is 6.07 Å². The van der Waals surface area contributed by atoms with E-state index in [0.29, 0.717) is 5.56 Å². The first kappa shape index (κ1) is 17.9. The number of rotatable bonds is 4. The number of aliphatic hydroxyl groups excluding tert-OH is 1. The number of carbonyl (C=O) groups is 1. The molecule has 24 heavy (non-hydrogen) atoms. The van der Waals surface area contributed by atoms with Gasteiger partial charge in [-0.15, -0.1) is 0 Å². The second-order valence-electron chi connectivity index (χ2n) is 6.70. The van der Waals surface area contributed by atoms with Crippen LogP contribution in [0.3, 0.4) is 0 Å². The number of anilines is 1. The van der Waals surface area contributed by atoms with Crippen molar-refractivity contribution in [1.82, 2.24) is 5.32 Å². The molecule has 2 aromatic rings. The Morgan fingerprint density at radius 1 is 1.17 bits per heavy atom. The fourth-order valence-corrected chi connectivity index (χ4v) is 2.43. The Bertz CT molecular complexity index is 711. The Kier molecular flexibility index (Phi) is 5.57. The number of hydrogen-bond donors (Lipinski definition) is 3. The molecule has 5 heteroatoms. The molecule has 0 saturated heterocycles. The molecule has 4 nitrogen and oxygen atoms in total. The Balaban J connectivity index is 1.97. The van der Waals surface area contributed by atoms with Gasteiger partial charge in [0.05, 0.1) is 6.10 Å². The van der Waals surface area contributed by atoms with Crippen LogP contribution in [0.1, 0.15) is 38.0 Å². The summed E-state index contributed by atoms with van der Waals surface area (Å²) in [5.74, 6) is -0.421. The van der Waals surface area contributed by atoms with Crippen molar-refractivity contribution in [3.63, 3.8) is 0 Å². The van der Waals surface area contributed by atoms with E-state index in [2.05, 4.69) is 31.4 Å². The maximum atomic E-state index is 13.2. The molecule has 2 rings (SSSR count). The van der Waals surface area contributed by atoms with Crippen LogP contribution < -0.4 is 10.6 Å². The zero-order valence-electron chi connectivity index (χ0n) is 14.1. The number of benzene rings is 2. The molecule has 0 fully saturated rings. The second kappa shape index (κ2) is 7.45. The minimum absolute atomic E-state index is 0.00697. The van der Waals surface area contributed by atoms with Crippen LogP contribution in [-0.4, -0.2) is 17.7 Å². The van der Waals surface area contributed by atoms with Crippen molar-refractivity contribution >= 4 is 11.7 Å². The molecule has 0 saturated carbocycles. The van der Waals surface area contributed by atoms with Gasteiger partial charge in [-0.05, 0) is 34.7 Å². The number of aliphatic hydroxyl groups is 1. The number of urea groups is 1. The van der Waals surface area contributed by atoms with E-state index >= 15 is 0 Å². The topological polar surface area (TPSA) is 61.4 Å². The van der Waals surface area contributed by atoms with Gasteiger partial charge in [-0.25, -0.2) is 9.18 Å². The van der Waals surface area contributed by atoms with E-state index in [9.17, 15) is 14.3 Å². The highest BCUT2D eigenvalue weighted by molar-refractivity contribution is 5.90. The molecular weight excluding hydrogens is 307 g/mol. The Morgan fingerprint density at radius 2 is 1.88 bits per heavy atom. The van der Waals surface area contributed by atoms with Gasteiger partial charge in [0, 0.05) is 12.2 Å². The Morgan fingerprint density at radius 3 is 2.54 bits per heavy atom. The van der Waals surface area contributed by atoms with Gasteiger partial charge >= 0.3 is 6.03 Å². The highest BCUT2D eigenvalue weighted by Gasteiger charge is 2.18. The van der Waals surface area contributed by atoms with Crippen molar-refractivity contribution in [2.45, 2.75) is 32.3 Å². The van der Waals surface area contributed by atoms with Gasteiger partial charge in [-0.2, -0.15) is 0 Å². The smallest absolute Gasteiger partial charge is 0.319 e. The van der Waals surface area contributed by atoms with Crippen LogP contribution in [0, 0.1) is 5.82 Å². The molecule has 2 amide bonds. The molecule has 0 heterocycles. The molecule has 1 atom stereocenters. The van der Waals surface area contributed by atoms with E-state index in [1.807, 2.05) is 24.3 Å². The summed E-state index contributed by atoms with van der Waals surface area (Å²) in [4.78, 5) is 12.1. The third kappa shape index (κ3) is 4.80. The average molecular weight is 330 g/mol. The summed E-state index contributed by atoms with van der Waals surface area (Å²) in [5.41, 5.74) is 2.06. The maximum Gasteiger partial charge on any atom is 0.319 e. The van der Waals surface area contributed by atoms with Crippen LogP contribution >= 0.6 is 0 Å². The third-order valence-corrected chi connectivity index (χ3v) is 3.67. The number of para-hydroxylation sites is 1. The molecule has 3 N–H and O–H groups in total. The molecule has 0 aliphatic rings. The van der Waals surface area contributed by atoms with Crippen LogP contribution in [-0.2, 0) is 5.41 Å². The van der Waals surface area contributed by atoms with Crippen molar-refractivity contribution in [2.75, 3.05) is 11.9 Å². The molecule has 128 valence electrons. The van der Waals surface area contributed by atoms with E-state index in [1.165, 1.54) is 18.2 Å². The van der Waals surface area contributed by atoms with E-state index in [4.69, 9.17) is 0 Å². The molecule has 0 spiro atoms. The van der Waals surface area contributed by atoms with Crippen molar-refractivity contribution in [1.29, 1.82) is 0 Å². The van der Waals surface area contributed by atoms with Gasteiger partial charge in [-0.1, -0.05) is 51.1 Å². The van der Waals surface area contributed by atoms with Crippen molar-refractivity contribution in [3.8, 4) is 0 Å². The molecule has 0 bridgehead atoms. The van der Waals surface area contributed by atoms with E-state index in [0.717, 1.165) is 11.3 Å². The molecule has 1 unspecified atom stereocenters. The van der Waals surface area contributed by atoms with E-state index in [-0.39, 0.29) is 12.0 Å². The fraction of sp³-hybridized carbons (Fsp3) is 0.316. The first-order valence-electron chi connectivity index (χ1n) is 7.85. The summed E-state index contributed by atoms with van der Waals surface area (Å²) < 4.78 is 13.2. The zero-order chi connectivity index (χ0) is 17.7. The molecule has 0 aliphatic heterocycles. The SMILES string of the molecule is CC(C)(C)c1ccccc1NC(=O)NCC(O)c1cccc(F)c1. The normalized spacial score (nSPS) is 12.5. The van der Waals surface area contributed by atoms with Gasteiger partial charge in [0.15, 0.2) is 0 Å². The van der Waals surface area contributed by atoms with Crippen molar-refractivity contribution in [3.05, 3.63) is 65.5 Å². The van der Waals surface area contributed by atoms with Crippen LogP contribution in [0.5, 0.6) is 0 Å². The second-order valence-corrected chi connectivity index (χ2v) is 6.70. The summed E-state index contributed by atoms with van der Waals surface area (Å²) in [6.45, 7) is 6.20. The maximum absolute atomic E-state index is 13.2. The number of hydrogen-bond acceptors (Lipinski definition) is 2. The lowest BCUT2D eigenvalue weighted by atomic mass is 9.86. The standard InChI is InChI=1S/C19H23FN2O2/c1-19(2,3)15-9-4-5-10-16(15)22-18(24)21-12-17(23)13-7-6-8-14(20)11-13/h4-11,17,23H,12H2,1-3H3,(H2,21,22,24). The lowest BCUT2D eigenvalue weighted by Gasteiger charge is -2.23. The molecular formula is C19H23FN2O2. The molecule has 0 aromatic heterocycles. The van der Waals surface area contributed by atoms with Crippen LogP contribution in [0.2, 0.25) is 0 Å². The Labute approximate surface area is 141 Å². The van der Waals surface area contributed by atoms with Gasteiger partial charge in [0.2, 0.25) is 0 Å². The highest BCUT2D eigenvalue weighted by Crippen LogP contribution is 2.29. The van der Waals surface area contributed by atoms with Gasteiger partial charge in [-0.3, -0.25) is 0 Å². The third-order valence-electron chi connectivity index (χ3n) is 3.67. The first-order valence-corrected chi connectivity index (χ1v) is 7.85. The summed E-state index contributed by atoms with van der Waals surface area (Å²) in [6.07, 6.45) is -0.968. The summed E-state index contributed by atoms with van der Waals surface area (Å²) in [7, 11) is 0. The van der Waals surface area contributed by atoms with Gasteiger partial charge in [0.1, 0.15) is 5.82 Å². The minimum Gasteiger partial charge on any atom is -0.387 e. The quantitative estimate of drug-likeness (QED) is 0.794. The lowest BCUT2D eigenvalue weighted by molar-refractivity contribution is 0.174. The predicted molar refractivity (Wildman–Crippen MR) is 93.5 cm³/mol. The Hall–Kier alpha value is -2.40. The van der Waals surface area contributed by atoms with E-state index < -0.39 is 18.0 Å². The minimum atomic E-state index is -0.968. The average Bonchev–Trinajstić information content (AvgIpc) is 2.52.